The molecule has 4 rings (SSSR count). The lowest BCUT2D eigenvalue weighted by Crippen LogP contribution is -2.21. The lowest BCUT2D eigenvalue weighted by atomic mass is 10.3. The van der Waals surface area contributed by atoms with Gasteiger partial charge in [0.2, 0.25) is 5.95 Å². The highest BCUT2D eigenvalue weighted by Gasteiger charge is 2.17. The Hall–Kier alpha value is -2.36. The van der Waals surface area contributed by atoms with Crippen LogP contribution in [0.3, 0.4) is 0 Å². The van der Waals surface area contributed by atoms with Crippen molar-refractivity contribution < 1.29 is 8.42 Å². The highest BCUT2D eigenvalue weighted by Crippen LogP contribution is 2.28. The van der Waals surface area contributed by atoms with Crippen molar-refractivity contribution in [2.45, 2.75) is 24.0 Å². The molecule has 2 aromatic heterocycles. The van der Waals surface area contributed by atoms with Crippen LogP contribution in [0.25, 0.3) is 0 Å². The number of rotatable bonds is 6. The summed E-state index contributed by atoms with van der Waals surface area (Å²) < 4.78 is 28.0. The van der Waals surface area contributed by atoms with Gasteiger partial charge in [0.15, 0.2) is 0 Å². The Bertz CT molecular complexity index is 1110. The number of halogens is 1. The van der Waals surface area contributed by atoms with Crippen LogP contribution in [0.1, 0.15) is 18.5 Å². The van der Waals surface area contributed by atoms with Crippen molar-refractivity contribution in [3.8, 4) is 0 Å². The number of thiophene rings is 1. The fourth-order valence-corrected chi connectivity index (χ4v) is 5.63. The van der Waals surface area contributed by atoms with E-state index in [1.165, 1.54) is 6.07 Å². The van der Waals surface area contributed by atoms with Crippen molar-refractivity contribution >= 4 is 56.1 Å². The summed E-state index contributed by atoms with van der Waals surface area (Å²) in [5, 5.41) is 3.26. The summed E-state index contributed by atoms with van der Waals surface area (Å²) in [6, 6.07) is 11.9. The van der Waals surface area contributed by atoms with Crippen LogP contribution in [-0.2, 0) is 10.0 Å². The summed E-state index contributed by atoms with van der Waals surface area (Å²) in [5.74, 6) is 1.45. The van der Waals surface area contributed by atoms with Gasteiger partial charge in [0.05, 0.1) is 4.34 Å². The molecule has 29 heavy (non-hydrogen) atoms. The molecule has 0 radical (unpaired) electrons. The topological polar surface area (TPSA) is 87.2 Å². The van der Waals surface area contributed by atoms with Gasteiger partial charge >= 0.3 is 0 Å². The molecule has 0 unspecified atom stereocenters. The first-order valence-corrected chi connectivity index (χ1v) is 11.8. The summed E-state index contributed by atoms with van der Waals surface area (Å²) in [4.78, 5) is 11.3. The number of anilines is 4. The number of aryl methyl sites for hydroxylation is 1. The van der Waals surface area contributed by atoms with E-state index in [4.69, 9.17) is 11.6 Å². The third kappa shape index (κ3) is 4.80. The molecule has 1 aliphatic rings. The molecular formula is C19H20ClN5O2S2. The van der Waals surface area contributed by atoms with Crippen molar-refractivity contribution in [1.29, 1.82) is 0 Å². The number of nitrogens with one attached hydrogen (secondary N) is 2. The Morgan fingerprint density at radius 3 is 2.38 bits per heavy atom. The molecular weight excluding hydrogens is 430 g/mol. The highest BCUT2D eigenvalue weighted by molar-refractivity contribution is 7.94. The third-order valence-corrected chi connectivity index (χ3v) is 7.56. The molecule has 10 heteroatoms. The normalized spacial score (nSPS) is 14.2. The van der Waals surface area contributed by atoms with Gasteiger partial charge in [0.25, 0.3) is 10.0 Å². The van der Waals surface area contributed by atoms with Gasteiger partial charge in [-0.1, -0.05) is 11.6 Å². The van der Waals surface area contributed by atoms with Gasteiger partial charge in [-0.3, -0.25) is 4.72 Å². The van der Waals surface area contributed by atoms with E-state index in [1.54, 1.807) is 30.3 Å². The molecule has 1 fully saturated rings. The summed E-state index contributed by atoms with van der Waals surface area (Å²) in [6.07, 6.45) is 2.32. The van der Waals surface area contributed by atoms with E-state index in [9.17, 15) is 8.42 Å². The van der Waals surface area contributed by atoms with Crippen LogP contribution in [0.15, 0.2) is 46.7 Å². The van der Waals surface area contributed by atoms with E-state index < -0.39 is 10.0 Å². The average molecular weight is 450 g/mol. The maximum atomic E-state index is 12.4. The first-order chi connectivity index (χ1) is 13.9. The number of benzene rings is 1. The average Bonchev–Trinajstić information content (AvgIpc) is 3.35. The summed E-state index contributed by atoms with van der Waals surface area (Å²) in [7, 11) is -3.65. The molecule has 152 valence electrons. The predicted molar refractivity (Wildman–Crippen MR) is 118 cm³/mol. The molecule has 0 amide bonds. The Balaban J connectivity index is 1.47. The van der Waals surface area contributed by atoms with E-state index in [0.29, 0.717) is 15.8 Å². The zero-order chi connectivity index (χ0) is 20.4. The van der Waals surface area contributed by atoms with Gasteiger partial charge in [0, 0.05) is 36.2 Å². The maximum absolute atomic E-state index is 12.4. The molecule has 3 heterocycles. The predicted octanol–water partition coefficient (Wildman–Crippen LogP) is 4.64. The second kappa shape index (κ2) is 8.17. The van der Waals surface area contributed by atoms with Crippen LogP contribution >= 0.6 is 22.9 Å². The zero-order valence-corrected chi connectivity index (χ0v) is 18.1. The molecule has 3 aromatic rings. The first kappa shape index (κ1) is 19.9. The number of aromatic nitrogens is 2. The van der Waals surface area contributed by atoms with Gasteiger partial charge in [-0.05, 0) is 56.2 Å². The Kier molecular flexibility index (Phi) is 5.62. The molecule has 2 N–H and O–H groups in total. The van der Waals surface area contributed by atoms with Gasteiger partial charge < -0.3 is 10.2 Å². The van der Waals surface area contributed by atoms with Gasteiger partial charge in [0.1, 0.15) is 10.0 Å². The minimum Gasteiger partial charge on any atom is -0.341 e. The molecule has 7 nitrogen and oxygen atoms in total. The monoisotopic (exact) mass is 449 g/mol. The molecule has 0 aliphatic carbocycles. The minimum absolute atomic E-state index is 0.176. The standard InChI is InChI=1S/C19H20ClN5O2S2/c1-13-12-17(23-19(21-13)25-10-2-3-11-25)22-14-4-6-15(7-5-14)24-29(26,27)18-9-8-16(20)28-18/h4-9,12,24H,2-3,10-11H2,1H3,(H,21,22,23). The number of sulfonamides is 1. The molecule has 0 atom stereocenters. The SMILES string of the molecule is Cc1cc(Nc2ccc(NS(=O)(=O)c3ccc(Cl)s3)cc2)nc(N2CCCC2)n1. The van der Waals surface area contributed by atoms with Crippen LogP contribution in [0.4, 0.5) is 23.1 Å². The van der Waals surface area contributed by atoms with Crippen LogP contribution < -0.4 is 14.9 Å². The number of hydrogen-bond donors (Lipinski definition) is 2. The van der Waals surface area contributed by atoms with Gasteiger partial charge in [-0.25, -0.2) is 13.4 Å². The molecule has 1 saturated heterocycles. The third-order valence-electron chi connectivity index (χ3n) is 4.45. The van der Waals surface area contributed by atoms with Crippen LogP contribution in [0, 0.1) is 6.92 Å². The Labute approximate surface area is 178 Å². The summed E-state index contributed by atoms with van der Waals surface area (Å²) in [5.41, 5.74) is 2.16. The largest absolute Gasteiger partial charge is 0.341 e. The molecule has 0 saturated carbocycles. The lowest BCUT2D eigenvalue weighted by Gasteiger charge is -2.17. The quantitative estimate of drug-likeness (QED) is 0.569. The second-order valence-electron chi connectivity index (χ2n) is 6.76. The van der Waals surface area contributed by atoms with Crippen molar-refractivity contribution in [3.63, 3.8) is 0 Å². The van der Waals surface area contributed by atoms with Crippen molar-refractivity contribution in [2.24, 2.45) is 0 Å². The molecule has 1 aromatic carbocycles. The Morgan fingerprint density at radius 2 is 1.72 bits per heavy atom. The Morgan fingerprint density at radius 1 is 1.03 bits per heavy atom. The smallest absolute Gasteiger partial charge is 0.271 e. The maximum Gasteiger partial charge on any atom is 0.271 e. The fraction of sp³-hybridized carbons (Fsp3) is 0.263. The van der Waals surface area contributed by atoms with E-state index in [-0.39, 0.29) is 4.21 Å². The number of nitrogens with zero attached hydrogens (tertiary/aromatic N) is 3. The zero-order valence-electron chi connectivity index (χ0n) is 15.7. The van der Waals surface area contributed by atoms with E-state index >= 15 is 0 Å². The van der Waals surface area contributed by atoms with E-state index in [2.05, 4.69) is 24.9 Å². The molecule has 1 aliphatic heterocycles. The van der Waals surface area contributed by atoms with Crippen LogP contribution in [-0.4, -0.2) is 31.5 Å². The van der Waals surface area contributed by atoms with Crippen molar-refractivity contribution in [2.75, 3.05) is 28.0 Å². The second-order valence-corrected chi connectivity index (χ2v) is 10.4. The van der Waals surface area contributed by atoms with E-state index in [1.807, 2.05) is 13.0 Å². The fourth-order valence-electron chi connectivity index (χ4n) is 3.09. The van der Waals surface area contributed by atoms with Crippen LogP contribution in [0.2, 0.25) is 4.34 Å². The molecule has 0 spiro atoms. The van der Waals surface area contributed by atoms with E-state index in [0.717, 1.165) is 54.6 Å². The van der Waals surface area contributed by atoms with Crippen LogP contribution in [0.5, 0.6) is 0 Å². The molecule has 0 bridgehead atoms. The van der Waals surface area contributed by atoms with Gasteiger partial charge in [-0.2, -0.15) is 4.98 Å². The lowest BCUT2D eigenvalue weighted by molar-refractivity contribution is 0.603. The summed E-state index contributed by atoms with van der Waals surface area (Å²) >= 11 is 6.85. The highest BCUT2D eigenvalue weighted by atomic mass is 35.5. The minimum atomic E-state index is -3.65. The summed E-state index contributed by atoms with van der Waals surface area (Å²) in [6.45, 7) is 3.90. The first-order valence-electron chi connectivity index (χ1n) is 9.15. The van der Waals surface area contributed by atoms with Crippen molar-refractivity contribution in [3.05, 3.63) is 52.5 Å². The number of hydrogen-bond acceptors (Lipinski definition) is 7. The van der Waals surface area contributed by atoms with Gasteiger partial charge in [-0.15, -0.1) is 11.3 Å². The van der Waals surface area contributed by atoms with Crippen molar-refractivity contribution in [1.82, 2.24) is 9.97 Å².